The number of aryl methyl sites for hydroxylation is 2. The van der Waals surface area contributed by atoms with E-state index in [1.54, 1.807) is 0 Å². The molecule has 24 heavy (non-hydrogen) atoms. The maximum Gasteiger partial charge on any atom is 0.269 e. The zero-order valence-electron chi connectivity index (χ0n) is 12.8. The van der Waals surface area contributed by atoms with Crippen LogP contribution >= 0.6 is 11.3 Å². The number of benzene rings is 1. The number of rotatable bonds is 4. The molecule has 1 aliphatic heterocycles. The van der Waals surface area contributed by atoms with Crippen LogP contribution in [0, 0.1) is 24.0 Å². The van der Waals surface area contributed by atoms with Gasteiger partial charge in [-0.25, -0.2) is 4.98 Å². The number of aromatic nitrogens is 1. The summed E-state index contributed by atoms with van der Waals surface area (Å²) in [5.41, 5.74) is 3.68. The first-order chi connectivity index (χ1) is 11.4. The van der Waals surface area contributed by atoms with E-state index in [9.17, 15) is 14.9 Å². The Balaban J connectivity index is 1.62. The molecule has 0 spiro atoms. The van der Waals surface area contributed by atoms with Gasteiger partial charge in [0.2, 0.25) is 0 Å². The summed E-state index contributed by atoms with van der Waals surface area (Å²) >= 11 is 1.45. The van der Waals surface area contributed by atoms with Crippen molar-refractivity contribution in [2.24, 2.45) is 5.10 Å². The average molecular weight is 347 g/mol. The second-order valence-corrected chi connectivity index (χ2v) is 6.17. The van der Waals surface area contributed by atoms with Crippen LogP contribution in [0.4, 0.5) is 5.69 Å². The molecule has 1 amide bonds. The molecule has 9 nitrogen and oxygen atoms in total. The van der Waals surface area contributed by atoms with Gasteiger partial charge < -0.3 is 4.74 Å². The topological polar surface area (TPSA) is 119 Å². The molecular formula is C14H13N5O4S. The molecule has 3 rings (SSSR count). The van der Waals surface area contributed by atoms with Gasteiger partial charge in [0, 0.05) is 17.7 Å². The summed E-state index contributed by atoms with van der Waals surface area (Å²) in [4.78, 5) is 27.3. The Morgan fingerprint density at radius 1 is 1.38 bits per heavy atom. The molecule has 0 saturated carbocycles. The summed E-state index contributed by atoms with van der Waals surface area (Å²) in [6, 6.07) is 5.29. The highest BCUT2D eigenvalue weighted by atomic mass is 32.1. The van der Waals surface area contributed by atoms with Crippen molar-refractivity contribution in [2.45, 2.75) is 20.2 Å². The number of nitro groups is 1. The molecule has 2 N–H and O–H groups in total. The van der Waals surface area contributed by atoms with E-state index in [-0.39, 0.29) is 11.3 Å². The van der Waals surface area contributed by atoms with Crippen LogP contribution in [-0.4, -0.2) is 28.1 Å². The number of nitrogens with one attached hydrogen (secondary N) is 2. The molecular weight excluding hydrogens is 334 g/mol. The number of hydrazone groups is 1. The van der Waals surface area contributed by atoms with Crippen molar-refractivity contribution >= 4 is 28.8 Å². The zero-order valence-corrected chi connectivity index (χ0v) is 13.6. The third kappa shape index (κ3) is 3.18. The van der Waals surface area contributed by atoms with Crippen LogP contribution in [-0.2, 0) is 4.74 Å². The van der Waals surface area contributed by atoms with Crippen molar-refractivity contribution in [2.75, 3.05) is 0 Å². The Hall–Kier alpha value is -3.01. The van der Waals surface area contributed by atoms with Crippen LogP contribution in [0.2, 0.25) is 0 Å². The van der Waals surface area contributed by atoms with E-state index >= 15 is 0 Å². The van der Waals surface area contributed by atoms with Crippen molar-refractivity contribution in [1.82, 2.24) is 15.7 Å². The van der Waals surface area contributed by atoms with E-state index < -0.39 is 17.2 Å². The SMILES string of the molecule is Cc1nc(C)c(C2=NNC(NC(=O)c3ccc([N+](=O)[O-])cc3)O2)s1. The molecule has 1 atom stereocenters. The largest absolute Gasteiger partial charge is 0.431 e. The second kappa shape index (κ2) is 6.24. The van der Waals surface area contributed by atoms with Gasteiger partial charge in [-0.1, -0.05) is 0 Å². The van der Waals surface area contributed by atoms with Crippen LogP contribution in [0.3, 0.4) is 0 Å². The van der Waals surface area contributed by atoms with Crippen molar-refractivity contribution in [3.63, 3.8) is 0 Å². The number of thiazole rings is 1. The number of carbonyl (C=O) groups excluding carboxylic acids is 1. The van der Waals surface area contributed by atoms with Crippen LogP contribution < -0.4 is 10.7 Å². The predicted molar refractivity (Wildman–Crippen MR) is 86.7 cm³/mol. The Kier molecular flexibility index (Phi) is 4.13. The monoisotopic (exact) mass is 347 g/mol. The van der Waals surface area contributed by atoms with Gasteiger partial charge in [0.1, 0.15) is 4.88 Å². The van der Waals surface area contributed by atoms with Crippen LogP contribution in [0.25, 0.3) is 0 Å². The van der Waals surface area contributed by atoms with Gasteiger partial charge in [0.15, 0.2) is 0 Å². The van der Waals surface area contributed by atoms with Gasteiger partial charge in [-0.15, -0.1) is 16.4 Å². The molecule has 0 aliphatic carbocycles. The molecule has 1 aromatic heterocycles. The number of nitrogens with zero attached hydrogens (tertiary/aromatic N) is 3. The van der Waals surface area contributed by atoms with E-state index in [1.807, 2.05) is 13.8 Å². The fourth-order valence-electron chi connectivity index (χ4n) is 2.11. The van der Waals surface area contributed by atoms with Gasteiger partial charge in [-0.05, 0) is 26.0 Å². The Morgan fingerprint density at radius 3 is 2.67 bits per heavy atom. The van der Waals surface area contributed by atoms with Crippen molar-refractivity contribution in [3.05, 3.63) is 55.5 Å². The normalized spacial score (nSPS) is 16.1. The van der Waals surface area contributed by atoms with Crippen LogP contribution in [0.1, 0.15) is 25.9 Å². The van der Waals surface area contributed by atoms with E-state index in [1.165, 1.54) is 35.6 Å². The fraction of sp³-hybridized carbons (Fsp3) is 0.214. The second-order valence-electron chi connectivity index (χ2n) is 4.97. The number of nitro benzene ring substituents is 1. The van der Waals surface area contributed by atoms with E-state index in [4.69, 9.17) is 4.74 Å². The standard InChI is InChI=1S/C14H13N5O4S/c1-7-11(24-8(2)15-7)13-17-18-14(23-13)16-12(20)9-3-5-10(6-4-9)19(21)22/h3-6,14,18H,1-2H3,(H,16,20). The predicted octanol–water partition coefficient (Wildman–Crippen LogP) is 1.66. The van der Waals surface area contributed by atoms with Gasteiger partial charge in [0.05, 0.1) is 15.6 Å². The highest BCUT2D eigenvalue weighted by Gasteiger charge is 2.25. The molecule has 0 radical (unpaired) electrons. The Bertz CT molecular complexity index is 830. The summed E-state index contributed by atoms with van der Waals surface area (Å²) in [7, 11) is 0. The highest BCUT2D eigenvalue weighted by Crippen LogP contribution is 2.20. The van der Waals surface area contributed by atoms with E-state index in [0.29, 0.717) is 5.90 Å². The number of carbonyl (C=O) groups is 1. The van der Waals surface area contributed by atoms with Crippen molar-refractivity contribution in [1.29, 1.82) is 0 Å². The first-order valence-corrected chi connectivity index (χ1v) is 7.75. The van der Waals surface area contributed by atoms with Crippen LogP contribution in [0.5, 0.6) is 0 Å². The van der Waals surface area contributed by atoms with Gasteiger partial charge in [0.25, 0.3) is 23.8 Å². The van der Waals surface area contributed by atoms with Crippen LogP contribution in [0.15, 0.2) is 29.4 Å². The summed E-state index contributed by atoms with van der Waals surface area (Å²) < 4.78 is 5.56. The first kappa shape index (κ1) is 15.9. The number of non-ortho nitro benzene ring substituents is 1. The van der Waals surface area contributed by atoms with Gasteiger partial charge >= 0.3 is 0 Å². The molecule has 2 aromatic rings. The van der Waals surface area contributed by atoms with Crippen molar-refractivity contribution in [3.8, 4) is 0 Å². The third-order valence-electron chi connectivity index (χ3n) is 3.21. The summed E-state index contributed by atoms with van der Waals surface area (Å²) in [5, 5.41) is 18.2. The van der Waals surface area contributed by atoms with E-state index in [2.05, 4.69) is 20.8 Å². The summed E-state index contributed by atoms with van der Waals surface area (Å²) in [6.07, 6.45) is -0.815. The minimum Gasteiger partial charge on any atom is -0.431 e. The fourth-order valence-corrected chi connectivity index (χ4v) is 2.97. The molecule has 124 valence electrons. The molecule has 0 saturated heterocycles. The maximum absolute atomic E-state index is 12.1. The average Bonchev–Trinajstić information content (AvgIpc) is 3.13. The molecule has 2 heterocycles. The molecule has 0 fully saturated rings. The lowest BCUT2D eigenvalue weighted by Gasteiger charge is -2.12. The lowest BCUT2D eigenvalue weighted by atomic mass is 10.2. The van der Waals surface area contributed by atoms with E-state index in [0.717, 1.165) is 15.6 Å². The molecule has 1 aromatic carbocycles. The molecule has 10 heteroatoms. The number of ether oxygens (including phenoxy) is 1. The number of hydrogen-bond acceptors (Lipinski definition) is 8. The quantitative estimate of drug-likeness (QED) is 0.641. The third-order valence-corrected chi connectivity index (χ3v) is 4.27. The van der Waals surface area contributed by atoms with Gasteiger partial charge in [-0.2, -0.15) is 0 Å². The van der Waals surface area contributed by atoms with Gasteiger partial charge in [-0.3, -0.25) is 25.7 Å². The minimum absolute atomic E-state index is 0.0801. The first-order valence-electron chi connectivity index (χ1n) is 6.93. The number of amides is 1. The lowest BCUT2D eigenvalue weighted by Crippen LogP contribution is -2.42. The Labute approximate surface area is 140 Å². The number of hydrogen-bond donors (Lipinski definition) is 2. The summed E-state index contributed by atoms with van der Waals surface area (Å²) in [6.45, 7) is 3.74. The highest BCUT2D eigenvalue weighted by molar-refractivity contribution is 7.13. The lowest BCUT2D eigenvalue weighted by molar-refractivity contribution is -0.384. The van der Waals surface area contributed by atoms with Crippen molar-refractivity contribution < 1.29 is 14.5 Å². The molecule has 1 aliphatic rings. The molecule has 1 unspecified atom stereocenters. The summed E-state index contributed by atoms with van der Waals surface area (Å²) in [5.74, 6) is -0.0665. The Morgan fingerprint density at radius 2 is 2.08 bits per heavy atom. The zero-order chi connectivity index (χ0) is 17.3. The minimum atomic E-state index is -0.815. The maximum atomic E-state index is 12.1. The smallest absolute Gasteiger partial charge is 0.269 e. The molecule has 0 bridgehead atoms.